The Morgan fingerprint density at radius 1 is 0.450 bits per heavy atom. The van der Waals surface area contributed by atoms with Crippen molar-refractivity contribution < 1.29 is 33.9 Å². The maximum Gasteiger partial charge on any atom is 0.349 e. The highest BCUT2D eigenvalue weighted by Crippen LogP contribution is 2.43. The summed E-state index contributed by atoms with van der Waals surface area (Å²) in [6, 6.07) is 9.99. The summed E-state index contributed by atoms with van der Waals surface area (Å²) >= 11 is 2.46. The van der Waals surface area contributed by atoms with Gasteiger partial charge in [-0.3, -0.25) is 51.6 Å². The molecule has 9 N–H and O–H groups in total. The van der Waals surface area contributed by atoms with Gasteiger partial charge in [0.15, 0.2) is 0 Å². The number of rotatable bonds is 12. The second-order valence-electron chi connectivity index (χ2n) is 32.4. The number of nitrogens with zero attached hydrogens (tertiary/aromatic N) is 14. The van der Waals surface area contributed by atoms with Crippen LogP contribution in [0.4, 0.5) is 29.1 Å². The van der Waals surface area contributed by atoms with Crippen LogP contribution < -0.4 is 75.9 Å². The number of aliphatic carboxylic acids is 1. The van der Waals surface area contributed by atoms with Crippen molar-refractivity contribution in [3.63, 3.8) is 0 Å². The highest BCUT2D eigenvalue weighted by atomic mass is 127. The molecule has 10 bridgehead atoms. The van der Waals surface area contributed by atoms with Crippen molar-refractivity contribution >= 4 is 87.2 Å². The number of fused-ring (bicyclic) bond motifs is 10. The van der Waals surface area contributed by atoms with Crippen molar-refractivity contribution in [1.29, 1.82) is 0 Å². The van der Waals surface area contributed by atoms with E-state index in [9.17, 15) is 52.7 Å². The first-order chi connectivity index (χ1) is 53.0. The number of piperidine rings is 5. The second-order valence-corrected chi connectivity index (χ2v) is 34.0. The van der Waals surface area contributed by atoms with Gasteiger partial charge in [0.1, 0.15) is 29.1 Å². The maximum atomic E-state index is 12.3. The van der Waals surface area contributed by atoms with Gasteiger partial charge in [0.2, 0.25) is 29.5 Å². The monoisotopic (exact) mass is 1650 g/mol. The number of carbonyl (C=O) groups is 6. The van der Waals surface area contributed by atoms with Crippen molar-refractivity contribution in [2.75, 3.05) is 89.6 Å². The number of carboxylic acid groups (broad SMARTS) is 1. The molecule has 0 aromatic carbocycles. The van der Waals surface area contributed by atoms with Crippen LogP contribution in [-0.2, 0) is 28.8 Å². The van der Waals surface area contributed by atoms with Gasteiger partial charge in [0.05, 0.1) is 42.3 Å². The number of hydrogen-bond acceptors (Lipinski definition) is 22. The number of amides is 5. The van der Waals surface area contributed by atoms with Crippen molar-refractivity contribution in [2.24, 2.45) is 35.5 Å². The Hall–Kier alpha value is -9.09. The van der Waals surface area contributed by atoms with E-state index in [1.54, 1.807) is 73.7 Å². The molecule has 33 nitrogen and oxygen atoms in total. The molecule has 5 aromatic rings. The van der Waals surface area contributed by atoms with Crippen LogP contribution in [0.2, 0.25) is 0 Å². The summed E-state index contributed by atoms with van der Waals surface area (Å²) in [6.07, 6.45) is 30.2. The summed E-state index contributed by atoms with van der Waals surface area (Å²) in [7, 11) is 16.5. The molecule has 6 saturated carbocycles. The van der Waals surface area contributed by atoms with Crippen LogP contribution in [0.15, 0.2) is 85.3 Å². The molecule has 0 radical (unpaired) electrons. The van der Waals surface area contributed by atoms with Gasteiger partial charge in [-0.15, -0.1) is 0 Å². The summed E-state index contributed by atoms with van der Waals surface area (Å²) in [5.74, 6) is 5.59. The molecule has 10 heterocycles. The lowest BCUT2D eigenvalue weighted by Crippen LogP contribution is -2.52. The van der Waals surface area contributed by atoms with E-state index < -0.39 is 5.97 Å². The van der Waals surface area contributed by atoms with Crippen molar-refractivity contribution in [3.05, 3.63) is 114 Å². The van der Waals surface area contributed by atoms with Crippen molar-refractivity contribution in [2.45, 2.75) is 224 Å². The Morgan fingerprint density at radius 2 is 0.811 bits per heavy atom. The van der Waals surface area contributed by atoms with E-state index in [0.717, 1.165) is 103 Å². The number of carboxylic acids is 1. The average molecular weight is 1650 g/mol. The van der Waals surface area contributed by atoms with E-state index >= 15 is 0 Å². The number of aromatic nitrogens is 10. The van der Waals surface area contributed by atoms with E-state index in [4.69, 9.17) is 10.8 Å². The summed E-state index contributed by atoms with van der Waals surface area (Å²) in [4.78, 5) is 157. The van der Waals surface area contributed by atoms with Crippen LogP contribution in [0.25, 0.3) is 0 Å². The lowest BCUT2D eigenvalue weighted by molar-refractivity contribution is -0.141. The number of likely N-dealkylation sites (N-methyl/N-ethyl adjacent to an activating group) is 3. The second kappa shape index (κ2) is 37.0. The zero-order chi connectivity index (χ0) is 79.6. The fraction of sp³-hybridized carbons (Fsp3) is 0.662. The number of halogens is 1. The molecular weight excluding hydrogens is 1540 g/mol. The zero-order valence-corrected chi connectivity index (χ0v) is 67.4. The predicted molar refractivity (Wildman–Crippen MR) is 429 cm³/mol. The summed E-state index contributed by atoms with van der Waals surface area (Å²) in [5.41, 5.74) is 4.17. The van der Waals surface area contributed by atoms with Gasteiger partial charge in [-0.25, -0.2) is 24.0 Å². The smallest absolute Gasteiger partial charge is 0.349 e. The molecule has 18 atom stereocenters. The van der Waals surface area contributed by atoms with Gasteiger partial charge in [-0.2, -0.15) is 24.9 Å². The molecule has 5 aliphatic heterocycles. The molecule has 604 valence electrons. The molecule has 111 heavy (non-hydrogen) atoms. The summed E-state index contributed by atoms with van der Waals surface area (Å²) < 4.78 is 9.01. The Morgan fingerprint density at radius 3 is 1.22 bits per heavy atom. The number of hydrogen-bond donors (Lipinski definition) is 8. The van der Waals surface area contributed by atoms with Gasteiger partial charge in [0.25, 0.3) is 0 Å². The van der Waals surface area contributed by atoms with E-state index in [-0.39, 0.29) is 137 Å². The number of carbonyl (C=O) groups excluding carboxylic acids is 5. The number of alkyl halides is 1. The van der Waals surface area contributed by atoms with Crippen LogP contribution in [0, 0.1) is 35.5 Å². The molecule has 34 heteroatoms. The Kier molecular flexibility index (Phi) is 27.6. The highest BCUT2D eigenvalue weighted by Gasteiger charge is 2.45. The van der Waals surface area contributed by atoms with E-state index in [0.29, 0.717) is 88.5 Å². The number of nitrogen functional groups attached to an aromatic ring is 1. The average Bonchev–Trinajstić information content (AvgIpc) is 0.794. The molecule has 5 saturated heterocycles. The topological polar surface area (TPSA) is 408 Å². The maximum absolute atomic E-state index is 12.3. The molecule has 11 aliphatic rings. The van der Waals surface area contributed by atoms with Crippen LogP contribution >= 0.6 is 22.6 Å². The normalized spacial score (nSPS) is 30.1. The third-order valence-electron chi connectivity index (χ3n) is 24.8. The fourth-order valence-electron chi connectivity index (χ4n) is 18.8. The first-order valence-electron chi connectivity index (χ1n) is 39.4. The molecule has 5 amide bonds. The molecule has 16 rings (SSSR count). The van der Waals surface area contributed by atoms with Gasteiger partial charge in [-0.1, -0.05) is 22.6 Å². The Balaban J connectivity index is 0.000000133. The Labute approximate surface area is 659 Å². The highest BCUT2D eigenvalue weighted by molar-refractivity contribution is 14.1. The van der Waals surface area contributed by atoms with Crippen LogP contribution in [-0.4, -0.2) is 202 Å². The third kappa shape index (κ3) is 20.4. The van der Waals surface area contributed by atoms with E-state index in [1.807, 2.05) is 93.5 Å². The molecule has 0 spiro atoms. The molecule has 6 aliphatic carbocycles. The fourth-order valence-corrected chi connectivity index (χ4v) is 19.7. The lowest BCUT2D eigenvalue weighted by Gasteiger charge is -2.45. The van der Waals surface area contributed by atoms with Gasteiger partial charge < -0.3 is 62.3 Å². The SMILES string of the molecule is CN(C)c1ccn([C@@H]2CC[C@H]3CC(=O)N(C)[C@H]2C3)c(=O)n1.CN(C)c1ccn([C@@H]2CC[C@H]3CC(=O)N(C)[C@H]2C3)c(=O)n1.CNc1ccn([C@@H]2CC[C@@H](CC(=O)O)C[C@@H]2NC)c(=O)n1.CNc1ccn([C@@H]2CC[C@H]3CC(=O)N[C@H]2C3)c(=O)n1.Nc1ccn([C@@H]2CC[C@H]3CC(=O)N[C@H]2C3)c(=O)n1.O=C1C[C@@H]2CC[C@@H](I)[C@H](C2)N1. The minimum Gasteiger partial charge on any atom is -0.481 e. The Bertz CT molecular complexity index is 4340. The quantitative estimate of drug-likeness (QED) is 0.0629. The van der Waals surface area contributed by atoms with Crippen LogP contribution in [0.1, 0.15) is 184 Å². The van der Waals surface area contributed by atoms with Gasteiger partial charge in [-0.05, 0) is 188 Å². The third-order valence-corrected chi connectivity index (χ3v) is 26.3. The van der Waals surface area contributed by atoms with Gasteiger partial charge in [0, 0.05) is 154 Å². The van der Waals surface area contributed by atoms with Crippen LogP contribution in [0.5, 0.6) is 0 Å². The molecule has 0 unspecified atom stereocenters. The minimum atomic E-state index is -0.759. The number of nitrogens with two attached hydrogens (primary N) is 1. The van der Waals surface area contributed by atoms with E-state index in [1.165, 1.54) is 19.3 Å². The number of likely N-dealkylation sites (tertiary alicyclic amines) is 2. The standard InChI is InChI=1S/2C15H22N4O2.C14H22N4O3.C13H18N4O2.C12H16N4O2.C8H12INO/c2*1-17(2)13-6-7-19(15(21)16-13)11-5-4-10-8-12(11)18(3)14(20)9-10;1-15-10-7-9(8-13(19)20)3-4-11(10)18-6-5-12(16-2)17-14(18)21;1-14-11-4-5-17(13(19)16-11)10-3-2-8-6-9(10)15-12(18)7-8;13-10-3-4-16(12(18)15-10)9-2-1-7-5-8(9)14-11(17)6-7;9-6-2-1-5-3-7(6)10-8(11)4-5/h2*6-7,10-12H,4-5,8-9H2,1-3H3;5-6,9-11,15H,3-4,7-8H2,1-2H3,(H,19,20)(H,16,17,21);4-5,8-10H,2-3,6-7H2,1H3,(H,15,18)(H,14,16,19);3-4,7-9H,1-2,5-6H2,(H,14,17)(H2,13,15,18);5-7H,1-4H2,(H,10,11)/t2*10-,11-,12+;9-,10+,11-;8-,9+,10-;7-,8+,9-;5-,6-,7+/m111111/s1. The summed E-state index contributed by atoms with van der Waals surface area (Å²) in [5, 5.41) is 26.9. The van der Waals surface area contributed by atoms with Crippen molar-refractivity contribution in [1.82, 2.24) is 78.8 Å². The van der Waals surface area contributed by atoms with Crippen molar-refractivity contribution in [3.8, 4) is 0 Å². The lowest BCUT2D eigenvalue weighted by atomic mass is 9.76. The van der Waals surface area contributed by atoms with E-state index in [2.05, 4.69) is 79.4 Å². The largest absolute Gasteiger partial charge is 0.481 e. The number of anilines is 5. The first kappa shape index (κ1) is 82.9. The predicted octanol–water partition coefficient (Wildman–Crippen LogP) is 4.50. The molecule has 5 aromatic heterocycles. The van der Waals surface area contributed by atoms with Gasteiger partial charge >= 0.3 is 34.4 Å². The minimum absolute atomic E-state index is 0.00565. The number of nitrogens with one attached hydrogen (secondary N) is 6. The molecule has 11 fully saturated rings. The zero-order valence-electron chi connectivity index (χ0n) is 65.3. The first-order valence-corrected chi connectivity index (χ1v) is 40.6. The van der Waals surface area contributed by atoms with Crippen LogP contribution in [0.3, 0.4) is 0 Å². The molecular formula is C77H112IN21O12. The summed E-state index contributed by atoms with van der Waals surface area (Å²) in [6.45, 7) is 0.